The van der Waals surface area contributed by atoms with Gasteiger partial charge in [-0.15, -0.1) is 11.8 Å². The summed E-state index contributed by atoms with van der Waals surface area (Å²) in [6.45, 7) is 6.62. The maximum Gasteiger partial charge on any atom is 0.316 e. The van der Waals surface area contributed by atoms with Gasteiger partial charge in [-0.25, -0.2) is 0 Å². The molecule has 1 aliphatic rings. The average molecular weight is 396 g/mol. The third-order valence-corrected chi connectivity index (χ3v) is 5.13. The second-order valence-corrected chi connectivity index (χ2v) is 7.24. The number of esters is 1. The number of H-pyrrole nitrogens is 1. The number of aromatic nitrogens is 1. The minimum atomic E-state index is -0.559. The number of carbonyl (C=O) groups is 4. The van der Waals surface area contributed by atoms with Crippen LogP contribution in [0.5, 0.6) is 0 Å². The molecule has 2 rings (SSSR count). The number of thioether (sulfide) groups is 1. The zero-order chi connectivity index (χ0) is 20.0. The number of ether oxygens (including phenoxy) is 2. The van der Waals surface area contributed by atoms with Gasteiger partial charge in [0.15, 0.2) is 12.4 Å². The van der Waals surface area contributed by atoms with Gasteiger partial charge in [-0.2, -0.15) is 0 Å². The van der Waals surface area contributed by atoms with Crippen LogP contribution >= 0.6 is 11.8 Å². The Bertz CT molecular complexity index is 736. The van der Waals surface area contributed by atoms with Gasteiger partial charge in [0.1, 0.15) is 0 Å². The highest BCUT2D eigenvalue weighted by molar-refractivity contribution is 8.00. The average Bonchev–Trinajstić information content (AvgIpc) is 2.94. The number of aryl methyl sites for hydroxylation is 1. The second-order valence-electron chi connectivity index (χ2n) is 6.25. The fourth-order valence-corrected chi connectivity index (χ4v) is 3.65. The van der Waals surface area contributed by atoms with Crippen LogP contribution in [0.4, 0.5) is 0 Å². The number of rotatable bonds is 8. The van der Waals surface area contributed by atoms with Crippen molar-refractivity contribution in [1.29, 1.82) is 0 Å². The number of amides is 1. The highest BCUT2D eigenvalue weighted by atomic mass is 32.2. The van der Waals surface area contributed by atoms with Crippen molar-refractivity contribution in [1.82, 2.24) is 9.88 Å². The first-order valence-corrected chi connectivity index (χ1v) is 9.79. The van der Waals surface area contributed by atoms with E-state index in [1.165, 1.54) is 6.92 Å². The van der Waals surface area contributed by atoms with E-state index in [0.29, 0.717) is 43.1 Å². The minimum absolute atomic E-state index is 0.00913. The van der Waals surface area contributed by atoms with Crippen LogP contribution in [0.25, 0.3) is 0 Å². The van der Waals surface area contributed by atoms with E-state index in [9.17, 15) is 19.2 Å². The number of carbonyl (C=O) groups excluding carboxylic acids is 4. The standard InChI is InChI=1S/C18H24N2O6S/c1-11-17(13(3)21)12(2)19-18(11)14(22)8-26-16(24)10-27-9-15(23)20-4-6-25-7-5-20/h19H,4-10H2,1-3H3. The lowest BCUT2D eigenvalue weighted by Gasteiger charge is -2.26. The van der Waals surface area contributed by atoms with Crippen molar-refractivity contribution in [3.8, 4) is 0 Å². The zero-order valence-corrected chi connectivity index (χ0v) is 16.6. The van der Waals surface area contributed by atoms with Crippen molar-refractivity contribution in [2.45, 2.75) is 20.8 Å². The van der Waals surface area contributed by atoms with Crippen molar-refractivity contribution in [2.75, 3.05) is 44.4 Å². The fraction of sp³-hybridized carbons (Fsp3) is 0.556. The predicted molar refractivity (Wildman–Crippen MR) is 100 cm³/mol. The van der Waals surface area contributed by atoms with Crippen LogP contribution in [0.2, 0.25) is 0 Å². The lowest BCUT2D eigenvalue weighted by Crippen LogP contribution is -2.41. The van der Waals surface area contributed by atoms with Crippen LogP contribution in [-0.4, -0.2) is 77.7 Å². The van der Waals surface area contributed by atoms with Gasteiger partial charge in [-0.05, 0) is 26.3 Å². The fourth-order valence-electron chi connectivity index (χ4n) is 2.94. The molecule has 1 aliphatic heterocycles. The van der Waals surface area contributed by atoms with Crippen LogP contribution in [0.1, 0.15) is 39.0 Å². The van der Waals surface area contributed by atoms with Crippen LogP contribution < -0.4 is 0 Å². The van der Waals surface area contributed by atoms with Gasteiger partial charge in [-0.3, -0.25) is 19.2 Å². The first-order chi connectivity index (χ1) is 12.8. The highest BCUT2D eigenvalue weighted by Gasteiger charge is 2.21. The van der Waals surface area contributed by atoms with Crippen LogP contribution in [-0.2, 0) is 19.1 Å². The van der Waals surface area contributed by atoms with Crippen LogP contribution in [0.3, 0.4) is 0 Å². The molecule has 1 N–H and O–H groups in total. The van der Waals surface area contributed by atoms with Crippen LogP contribution in [0.15, 0.2) is 0 Å². The molecule has 0 aliphatic carbocycles. The molecule has 0 aromatic carbocycles. The molecule has 0 unspecified atom stereocenters. The first kappa shape index (κ1) is 21.2. The summed E-state index contributed by atoms with van der Waals surface area (Å²) in [7, 11) is 0. The monoisotopic (exact) mass is 396 g/mol. The van der Waals surface area contributed by atoms with E-state index < -0.39 is 18.4 Å². The van der Waals surface area contributed by atoms with E-state index in [0.717, 1.165) is 11.8 Å². The third-order valence-electron chi connectivity index (χ3n) is 4.24. The summed E-state index contributed by atoms with van der Waals surface area (Å²) in [4.78, 5) is 52.2. The number of Topliss-reactive ketones (excluding diaryl/α,β-unsaturated/α-hetero) is 2. The number of nitrogens with one attached hydrogen (secondary N) is 1. The first-order valence-electron chi connectivity index (χ1n) is 8.63. The van der Waals surface area contributed by atoms with E-state index in [4.69, 9.17) is 9.47 Å². The van der Waals surface area contributed by atoms with E-state index in [2.05, 4.69) is 4.98 Å². The molecule has 1 saturated heterocycles. The molecule has 0 atom stereocenters. The number of hydrogen-bond donors (Lipinski definition) is 1. The summed E-state index contributed by atoms with van der Waals surface area (Å²) in [6, 6.07) is 0. The molecule has 0 bridgehead atoms. The Labute approximate surface area is 162 Å². The Morgan fingerprint density at radius 3 is 2.41 bits per heavy atom. The van der Waals surface area contributed by atoms with Gasteiger partial charge in [0.25, 0.3) is 0 Å². The number of nitrogens with zero attached hydrogens (tertiary/aromatic N) is 1. The highest BCUT2D eigenvalue weighted by Crippen LogP contribution is 2.19. The summed E-state index contributed by atoms with van der Waals surface area (Å²) in [5.74, 6) is -0.952. The molecule has 148 valence electrons. The number of ketones is 2. The molecule has 9 heteroatoms. The summed E-state index contributed by atoms with van der Waals surface area (Å²) < 4.78 is 10.2. The van der Waals surface area contributed by atoms with Gasteiger partial charge in [-0.1, -0.05) is 0 Å². The van der Waals surface area contributed by atoms with E-state index in [1.54, 1.807) is 18.7 Å². The number of morpholine rings is 1. The quantitative estimate of drug-likeness (QED) is 0.519. The number of aromatic amines is 1. The summed E-state index contributed by atoms with van der Waals surface area (Å²) in [5, 5.41) is 0. The predicted octanol–water partition coefficient (Wildman–Crippen LogP) is 1.15. The largest absolute Gasteiger partial charge is 0.457 e. The normalized spacial score (nSPS) is 14.1. The number of hydrogen-bond acceptors (Lipinski definition) is 7. The molecule has 8 nitrogen and oxygen atoms in total. The molecule has 1 fully saturated rings. The second kappa shape index (κ2) is 9.70. The van der Waals surface area contributed by atoms with Gasteiger partial charge in [0.2, 0.25) is 11.7 Å². The topological polar surface area (TPSA) is 106 Å². The smallest absolute Gasteiger partial charge is 0.316 e. The van der Waals surface area contributed by atoms with Gasteiger partial charge >= 0.3 is 5.97 Å². The Morgan fingerprint density at radius 2 is 1.81 bits per heavy atom. The van der Waals surface area contributed by atoms with Crippen LogP contribution in [0, 0.1) is 13.8 Å². The SMILES string of the molecule is CC(=O)c1c(C)[nH]c(C(=O)COC(=O)CSCC(=O)N2CCOCC2)c1C. The van der Waals surface area contributed by atoms with Crippen molar-refractivity contribution in [3.05, 3.63) is 22.5 Å². The molecule has 2 heterocycles. The van der Waals surface area contributed by atoms with Crippen molar-refractivity contribution < 1.29 is 28.7 Å². The third kappa shape index (κ3) is 5.67. The Hall–Kier alpha value is -2.13. The van der Waals surface area contributed by atoms with E-state index >= 15 is 0 Å². The maximum absolute atomic E-state index is 12.2. The summed E-state index contributed by atoms with van der Waals surface area (Å²) in [6.07, 6.45) is 0. The minimum Gasteiger partial charge on any atom is -0.457 e. The summed E-state index contributed by atoms with van der Waals surface area (Å²) >= 11 is 1.15. The van der Waals surface area contributed by atoms with Crippen molar-refractivity contribution >= 4 is 35.2 Å². The van der Waals surface area contributed by atoms with E-state index in [1.807, 2.05) is 0 Å². The molecule has 1 amide bonds. The molecule has 27 heavy (non-hydrogen) atoms. The molecule has 0 spiro atoms. The Kier molecular flexibility index (Phi) is 7.61. The lowest BCUT2D eigenvalue weighted by molar-refractivity contribution is -0.139. The molecule has 1 aromatic rings. The van der Waals surface area contributed by atoms with Gasteiger partial charge in [0, 0.05) is 24.3 Å². The molecule has 0 radical (unpaired) electrons. The molecular formula is C18H24N2O6S. The van der Waals surface area contributed by atoms with E-state index in [-0.39, 0.29) is 28.9 Å². The zero-order valence-electron chi connectivity index (χ0n) is 15.8. The van der Waals surface area contributed by atoms with Crippen molar-refractivity contribution in [3.63, 3.8) is 0 Å². The lowest BCUT2D eigenvalue weighted by atomic mass is 10.1. The summed E-state index contributed by atoms with van der Waals surface area (Å²) in [5.41, 5.74) is 1.95. The maximum atomic E-state index is 12.2. The van der Waals surface area contributed by atoms with Crippen molar-refractivity contribution in [2.24, 2.45) is 0 Å². The molecule has 0 saturated carbocycles. The van der Waals surface area contributed by atoms with Gasteiger partial charge < -0.3 is 19.4 Å². The Balaban J connectivity index is 1.75. The molecular weight excluding hydrogens is 372 g/mol. The molecule has 1 aromatic heterocycles. The van der Waals surface area contributed by atoms with Gasteiger partial charge in [0.05, 0.1) is 30.4 Å². The Morgan fingerprint density at radius 1 is 1.15 bits per heavy atom.